The number of fused-ring (bicyclic) bond motifs is 2. The summed E-state index contributed by atoms with van der Waals surface area (Å²) in [5.41, 5.74) is 6.66. The van der Waals surface area contributed by atoms with Crippen molar-refractivity contribution in [2.24, 2.45) is 16.7 Å². The standard InChI is InChI=1S/C16H27N3OS/c1-9(2)20-11-12(17)19-21-13(11)18-14-15(3,4)10-6-7-16(14,5)8-10/h9-10,14,18H,6-8H2,1-5H3,(H2,17,19). The molecule has 0 aromatic carbocycles. The summed E-state index contributed by atoms with van der Waals surface area (Å²) in [7, 11) is 0. The fourth-order valence-electron chi connectivity index (χ4n) is 4.53. The Bertz CT molecular complexity index is 535. The van der Waals surface area contributed by atoms with Crippen molar-refractivity contribution >= 4 is 22.4 Å². The molecule has 1 aromatic rings. The van der Waals surface area contributed by atoms with Crippen molar-refractivity contribution in [2.45, 2.75) is 66.0 Å². The van der Waals surface area contributed by atoms with Crippen molar-refractivity contribution in [3.05, 3.63) is 0 Å². The number of nitrogens with zero attached hydrogens (tertiary/aromatic N) is 1. The van der Waals surface area contributed by atoms with E-state index in [0.717, 1.165) is 16.7 Å². The molecule has 5 heteroatoms. The lowest BCUT2D eigenvalue weighted by Crippen LogP contribution is -2.45. The molecular weight excluding hydrogens is 282 g/mol. The number of anilines is 2. The van der Waals surface area contributed by atoms with Crippen LogP contribution in [0.1, 0.15) is 53.9 Å². The molecule has 0 saturated heterocycles. The van der Waals surface area contributed by atoms with Gasteiger partial charge in [0.25, 0.3) is 0 Å². The Hall–Kier alpha value is -0.970. The highest BCUT2D eigenvalue weighted by atomic mass is 32.1. The number of nitrogen functional groups attached to an aromatic ring is 1. The third-order valence-corrected chi connectivity index (χ3v) is 6.35. The van der Waals surface area contributed by atoms with Gasteiger partial charge < -0.3 is 15.8 Å². The van der Waals surface area contributed by atoms with Gasteiger partial charge in [0.05, 0.1) is 6.10 Å². The Morgan fingerprint density at radius 2 is 2.10 bits per heavy atom. The van der Waals surface area contributed by atoms with Crippen molar-refractivity contribution in [1.29, 1.82) is 0 Å². The first-order valence-electron chi connectivity index (χ1n) is 7.92. The maximum Gasteiger partial charge on any atom is 0.197 e. The quantitative estimate of drug-likeness (QED) is 0.877. The smallest absolute Gasteiger partial charge is 0.197 e. The van der Waals surface area contributed by atoms with Crippen LogP contribution in [-0.2, 0) is 0 Å². The van der Waals surface area contributed by atoms with E-state index in [4.69, 9.17) is 10.5 Å². The van der Waals surface area contributed by atoms with Gasteiger partial charge >= 0.3 is 0 Å². The summed E-state index contributed by atoms with van der Waals surface area (Å²) in [6, 6.07) is 0.457. The second kappa shape index (κ2) is 4.77. The zero-order valence-electron chi connectivity index (χ0n) is 13.7. The lowest BCUT2D eigenvalue weighted by atomic mass is 9.68. The van der Waals surface area contributed by atoms with Crippen LogP contribution in [0.25, 0.3) is 0 Å². The van der Waals surface area contributed by atoms with Crippen LogP contribution in [-0.4, -0.2) is 16.5 Å². The third kappa shape index (κ3) is 2.30. The maximum atomic E-state index is 5.97. The molecule has 0 radical (unpaired) electrons. The molecule has 3 N–H and O–H groups in total. The number of ether oxygens (including phenoxy) is 1. The number of nitrogens with two attached hydrogens (primary N) is 1. The van der Waals surface area contributed by atoms with Crippen molar-refractivity contribution in [3.8, 4) is 5.75 Å². The van der Waals surface area contributed by atoms with E-state index in [1.807, 2.05) is 13.8 Å². The van der Waals surface area contributed by atoms with Crippen LogP contribution in [0.3, 0.4) is 0 Å². The van der Waals surface area contributed by atoms with Gasteiger partial charge in [0.2, 0.25) is 0 Å². The summed E-state index contributed by atoms with van der Waals surface area (Å²) in [6.45, 7) is 11.3. The Kier molecular flexibility index (Phi) is 3.39. The molecule has 2 saturated carbocycles. The minimum absolute atomic E-state index is 0.105. The van der Waals surface area contributed by atoms with Crippen LogP contribution >= 0.6 is 11.5 Å². The second-order valence-electron chi connectivity index (χ2n) is 7.89. The van der Waals surface area contributed by atoms with Gasteiger partial charge in [-0.05, 0) is 61.4 Å². The zero-order valence-corrected chi connectivity index (χ0v) is 14.5. The Balaban J connectivity index is 1.87. The molecule has 0 amide bonds. The lowest BCUT2D eigenvalue weighted by molar-refractivity contribution is 0.155. The summed E-state index contributed by atoms with van der Waals surface area (Å²) in [5, 5.41) is 4.74. The molecular formula is C16H27N3OS. The van der Waals surface area contributed by atoms with E-state index >= 15 is 0 Å². The predicted molar refractivity (Wildman–Crippen MR) is 88.9 cm³/mol. The number of rotatable bonds is 4. The van der Waals surface area contributed by atoms with E-state index < -0.39 is 0 Å². The molecule has 2 aliphatic rings. The summed E-state index contributed by atoms with van der Waals surface area (Å²) in [5.74, 6) is 2.05. The lowest BCUT2D eigenvalue weighted by Gasteiger charge is -2.43. The number of hydrogen-bond donors (Lipinski definition) is 2. The monoisotopic (exact) mass is 309 g/mol. The first kappa shape index (κ1) is 14.9. The first-order chi connectivity index (χ1) is 9.74. The van der Waals surface area contributed by atoms with Gasteiger partial charge in [-0.25, -0.2) is 0 Å². The molecule has 2 bridgehead atoms. The highest BCUT2D eigenvalue weighted by Gasteiger charge is 2.59. The molecule has 0 spiro atoms. The SMILES string of the molecule is CC(C)Oc1c(N)nsc1NC1C2(C)CCC(C2)C1(C)C. The average molecular weight is 309 g/mol. The fraction of sp³-hybridized carbons (Fsp3) is 0.812. The van der Waals surface area contributed by atoms with Crippen LogP contribution < -0.4 is 15.8 Å². The van der Waals surface area contributed by atoms with Gasteiger partial charge in [-0.3, -0.25) is 0 Å². The van der Waals surface area contributed by atoms with E-state index in [1.54, 1.807) is 0 Å². The average Bonchev–Trinajstić information content (AvgIpc) is 2.97. The number of aromatic nitrogens is 1. The summed E-state index contributed by atoms with van der Waals surface area (Å²) in [6.07, 6.45) is 4.11. The predicted octanol–water partition coefficient (Wildman–Crippen LogP) is 4.14. The van der Waals surface area contributed by atoms with Crippen LogP contribution in [0.5, 0.6) is 5.75 Å². The topological polar surface area (TPSA) is 60.2 Å². The number of nitrogens with one attached hydrogen (secondary N) is 1. The van der Waals surface area contributed by atoms with Crippen molar-refractivity contribution in [2.75, 3.05) is 11.1 Å². The van der Waals surface area contributed by atoms with E-state index in [-0.39, 0.29) is 6.10 Å². The van der Waals surface area contributed by atoms with Gasteiger partial charge in [-0.1, -0.05) is 20.8 Å². The summed E-state index contributed by atoms with van der Waals surface area (Å²) >= 11 is 1.42. The number of hydrogen-bond acceptors (Lipinski definition) is 5. The Morgan fingerprint density at radius 1 is 1.38 bits per heavy atom. The zero-order chi connectivity index (χ0) is 15.4. The molecule has 118 valence electrons. The van der Waals surface area contributed by atoms with E-state index in [9.17, 15) is 0 Å². The van der Waals surface area contributed by atoms with Gasteiger partial charge in [0.1, 0.15) is 0 Å². The highest BCUT2D eigenvalue weighted by Crippen LogP contribution is 2.63. The highest BCUT2D eigenvalue weighted by molar-refractivity contribution is 7.11. The molecule has 3 atom stereocenters. The second-order valence-corrected chi connectivity index (χ2v) is 8.66. The summed E-state index contributed by atoms with van der Waals surface area (Å²) < 4.78 is 10.1. The van der Waals surface area contributed by atoms with Crippen molar-refractivity contribution < 1.29 is 4.74 Å². The van der Waals surface area contributed by atoms with E-state index in [1.165, 1.54) is 30.8 Å². The van der Waals surface area contributed by atoms with Gasteiger partial charge in [-0.2, -0.15) is 4.37 Å². The molecule has 3 unspecified atom stereocenters. The third-order valence-electron chi connectivity index (χ3n) is 5.57. The van der Waals surface area contributed by atoms with E-state index in [2.05, 4.69) is 30.5 Å². The normalized spacial score (nSPS) is 33.6. The van der Waals surface area contributed by atoms with Crippen LogP contribution in [0.4, 0.5) is 10.8 Å². The molecule has 0 aliphatic heterocycles. The molecule has 2 aliphatic carbocycles. The first-order valence-corrected chi connectivity index (χ1v) is 8.70. The fourth-order valence-corrected chi connectivity index (χ4v) is 5.21. The molecule has 2 fully saturated rings. The van der Waals surface area contributed by atoms with Gasteiger partial charge in [0.15, 0.2) is 16.6 Å². The van der Waals surface area contributed by atoms with Crippen LogP contribution in [0.2, 0.25) is 0 Å². The minimum atomic E-state index is 0.105. The summed E-state index contributed by atoms with van der Waals surface area (Å²) in [4.78, 5) is 0. The van der Waals surface area contributed by atoms with Gasteiger partial charge in [0, 0.05) is 6.04 Å². The van der Waals surface area contributed by atoms with Crippen molar-refractivity contribution in [3.63, 3.8) is 0 Å². The molecule has 1 heterocycles. The van der Waals surface area contributed by atoms with Crippen LogP contribution in [0.15, 0.2) is 0 Å². The van der Waals surface area contributed by atoms with Crippen molar-refractivity contribution in [1.82, 2.24) is 4.37 Å². The maximum absolute atomic E-state index is 5.97. The molecule has 3 rings (SSSR count). The van der Waals surface area contributed by atoms with E-state index in [0.29, 0.717) is 22.7 Å². The molecule has 4 nitrogen and oxygen atoms in total. The molecule has 21 heavy (non-hydrogen) atoms. The Morgan fingerprint density at radius 3 is 2.67 bits per heavy atom. The van der Waals surface area contributed by atoms with Crippen LogP contribution in [0, 0.1) is 16.7 Å². The largest absolute Gasteiger partial charge is 0.484 e. The molecule has 1 aromatic heterocycles. The minimum Gasteiger partial charge on any atom is -0.484 e. The van der Waals surface area contributed by atoms with Gasteiger partial charge in [-0.15, -0.1) is 0 Å². The Labute approximate surface area is 131 Å².